The summed E-state index contributed by atoms with van der Waals surface area (Å²) in [5.41, 5.74) is 0.927. The molecule has 118 valence electrons. The van der Waals surface area contributed by atoms with Gasteiger partial charge in [-0.15, -0.1) is 0 Å². The van der Waals surface area contributed by atoms with E-state index in [0.29, 0.717) is 6.61 Å². The van der Waals surface area contributed by atoms with Crippen LogP contribution in [-0.4, -0.2) is 47.8 Å². The summed E-state index contributed by atoms with van der Waals surface area (Å²) in [6.45, 7) is 3.14. The second-order valence-electron chi connectivity index (χ2n) is 5.38. The van der Waals surface area contributed by atoms with Crippen LogP contribution >= 0.6 is 0 Å². The third-order valence-corrected chi connectivity index (χ3v) is 3.86. The molecular weight excluding hydrogens is 278 g/mol. The van der Waals surface area contributed by atoms with Gasteiger partial charge < -0.3 is 9.84 Å². The minimum atomic E-state index is -0.238. The zero-order valence-corrected chi connectivity index (χ0v) is 13.0. The van der Waals surface area contributed by atoms with E-state index >= 15 is 0 Å². The number of esters is 1. The van der Waals surface area contributed by atoms with Gasteiger partial charge in [0.05, 0.1) is 25.7 Å². The number of hydrogen-bond donors (Lipinski definition) is 1. The summed E-state index contributed by atoms with van der Waals surface area (Å²) >= 11 is 0. The Morgan fingerprint density at radius 3 is 2.91 bits per heavy atom. The maximum atomic E-state index is 11.8. The van der Waals surface area contributed by atoms with E-state index in [1.807, 2.05) is 30.3 Å². The van der Waals surface area contributed by atoms with Crippen molar-refractivity contribution in [3.63, 3.8) is 0 Å². The third-order valence-electron chi connectivity index (χ3n) is 3.86. The Kier molecular flexibility index (Phi) is 6.45. The highest BCUT2D eigenvalue weighted by atomic mass is 16.5. The minimum absolute atomic E-state index is 0.0875. The Bertz CT molecular complexity index is 532. The van der Waals surface area contributed by atoms with Gasteiger partial charge in [-0.25, -0.2) is 0 Å². The van der Waals surface area contributed by atoms with Crippen LogP contribution in [-0.2, 0) is 9.53 Å². The quantitative estimate of drug-likeness (QED) is 0.666. The summed E-state index contributed by atoms with van der Waals surface area (Å²) in [7, 11) is 0. The van der Waals surface area contributed by atoms with Gasteiger partial charge >= 0.3 is 5.97 Å². The molecule has 0 spiro atoms. The Morgan fingerprint density at radius 2 is 2.23 bits per heavy atom. The Labute approximate surface area is 132 Å². The summed E-state index contributed by atoms with van der Waals surface area (Å²) in [5, 5.41) is 9.50. The van der Waals surface area contributed by atoms with Crippen molar-refractivity contribution in [3.05, 3.63) is 35.9 Å². The van der Waals surface area contributed by atoms with Crippen molar-refractivity contribution >= 4 is 5.97 Å². The first-order valence-corrected chi connectivity index (χ1v) is 7.83. The molecule has 0 radical (unpaired) electrons. The number of nitrogens with zero attached hydrogens (tertiary/aromatic N) is 1. The number of hydrogen-bond acceptors (Lipinski definition) is 4. The van der Waals surface area contributed by atoms with E-state index in [-0.39, 0.29) is 31.1 Å². The molecule has 1 aliphatic rings. The highest BCUT2D eigenvalue weighted by Gasteiger charge is 2.30. The molecule has 0 unspecified atom stereocenters. The molecule has 4 heteroatoms. The number of benzene rings is 1. The van der Waals surface area contributed by atoms with Gasteiger partial charge in [0.1, 0.15) is 0 Å². The lowest BCUT2D eigenvalue weighted by Crippen LogP contribution is -2.41. The standard InChI is InChI=1S/C18H23NO3/c1-2-22-18(21)13-16(19-12-6-9-17(19)14-20)11-10-15-7-4-3-5-8-15/h3-5,7-8,16-17,20H,2,6,9,12-14H2,1H3/t16-,17+/m1/s1. The van der Waals surface area contributed by atoms with Crippen LogP contribution in [0.3, 0.4) is 0 Å². The van der Waals surface area contributed by atoms with Crippen LogP contribution in [0.1, 0.15) is 31.7 Å². The number of carbonyl (C=O) groups is 1. The van der Waals surface area contributed by atoms with Gasteiger partial charge in [0.25, 0.3) is 0 Å². The predicted octanol–water partition coefficient (Wildman–Crippen LogP) is 1.82. The summed E-state index contributed by atoms with van der Waals surface area (Å²) in [5.74, 6) is 6.09. The molecule has 1 heterocycles. The van der Waals surface area contributed by atoms with E-state index in [1.54, 1.807) is 6.92 Å². The topological polar surface area (TPSA) is 49.8 Å². The lowest BCUT2D eigenvalue weighted by molar-refractivity contribution is -0.144. The van der Waals surface area contributed by atoms with Crippen LogP contribution in [0.2, 0.25) is 0 Å². The van der Waals surface area contributed by atoms with Gasteiger partial charge in [0.15, 0.2) is 0 Å². The van der Waals surface area contributed by atoms with Crippen molar-refractivity contribution in [1.29, 1.82) is 0 Å². The van der Waals surface area contributed by atoms with E-state index in [4.69, 9.17) is 4.74 Å². The van der Waals surface area contributed by atoms with E-state index in [1.165, 1.54) is 0 Å². The van der Waals surface area contributed by atoms with Gasteiger partial charge in [-0.1, -0.05) is 30.0 Å². The molecule has 2 atom stereocenters. The second kappa shape index (κ2) is 8.57. The molecule has 0 saturated carbocycles. The van der Waals surface area contributed by atoms with E-state index in [0.717, 1.165) is 24.9 Å². The molecule has 0 bridgehead atoms. The lowest BCUT2D eigenvalue weighted by atomic mass is 10.1. The second-order valence-corrected chi connectivity index (χ2v) is 5.38. The molecule has 1 aromatic carbocycles. The number of aliphatic hydroxyl groups excluding tert-OH is 1. The summed E-state index contributed by atoms with van der Waals surface area (Å²) in [4.78, 5) is 14.0. The van der Waals surface area contributed by atoms with Crippen molar-refractivity contribution in [2.75, 3.05) is 19.8 Å². The molecule has 1 aliphatic heterocycles. The Balaban J connectivity index is 2.14. The number of likely N-dealkylation sites (tertiary alicyclic amines) is 1. The van der Waals surface area contributed by atoms with E-state index in [2.05, 4.69) is 16.7 Å². The number of aliphatic hydroxyl groups is 1. The first kappa shape index (κ1) is 16.5. The molecule has 1 N–H and O–H groups in total. The van der Waals surface area contributed by atoms with Crippen LogP contribution in [0.4, 0.5) is 0 Å². The van der Waals surface area contributed by atoms with Crippen LogP contribution in [0.15, 0.2) is 30.3 Å². The zero-order valence-electron chi connectivity index (χ0n) is 13.0. The minimum Gasteiger partial charge on any atom is -0.466 e. The molecule has 22 heavy (non-hydrogen) atoms. The van der Waals surface area contributed by atoms with Gasteiger partial charge in [0.2, 0.25) is 0 Å². The first-order valence-electron chi connectivity index (χ1n) is 7.83. The number of carbonyl (C=O) groups excluding carboxylic acids is 1. The van der Waals surface area contributed by atoms with Crippen molar-refractivity contribution in [3.8, 4) is 11.8 Å². The number of ether oxygens (including phenoxy) is 1. The number of rotatable bonds is 5. The fourth-order valence-corrected chi connectivity index (χ4v) is 2.78. The Morgan fingerprint density at radius 1 is 1.45 bits per heavy atom. The summed E-state index contributed by atoms with van der Waals surface area (Å²) in [6.07, 6.45) is 2.21. The zero-order chi connectivity index (χ0) is 15.8. The molecular formula is C18H23NO3. The lowest BCUT2D eigenvalue weighted by Gasteiger charge is -2.28. The fourth-order valence-electron chi connectivity index (χ4n) is 2.78. The van der Waals surface area contributed by atoms with Crippen LogP contribution in [0, 0.1) is 11.8 Å². The summed E-state index contributed by atoms with van der Waals surface area (Å²) in [6, 6.07) is 9.60. The molecule has 0 amide bonds. The van der Waals surface area contributed by atoms with Crippen LogP contribution in [0.5, 0.6) is 0 Å². The Hall–Kier alpha value is -1.83. The van der Waals surface area contributed by atoms with Crippen molar-refractivity contribution in [2.45, 2.75) is 38.3 Å². The molecule has 2 rings (SSSR count). The van der Waals surface area contributed by atoms with Gasteiger partial charge in [-0.05, 0) is 38.4 Å². The van der Waals surface area contributed by atoms with Crippen LogP contribution in [0.25, 0.3) is 0 Å². The van der Waals surface area contributed by atoms with Crippen molar-refractivity contribution < 1.29 is 14.6 Å². The normalized spacial score (nSPS) is 19.3. The molecule has 0 aromatic heterocycles. The largest absolute Gasteiger partial charge is 0.466 e. The van der Waals surface area contributed by atoms with E-state index in [9.17, 15) is 9.90 Å². The molecule has 0 aliphatic carbocycles. The fraction of sp³-hybridized carbons (Fsp3) is 0.500. The van der Waals surface area contributed by atoms with E-state index < -0.39 is 0 Å². The highest BCUT2D eigenvalue weighted by molar-refractivity contribution is 5.70. The highest BCUT2D eigenvalue weighted by Crippen LogP contribution is 2.21. The maximum Gasteiger partial charge on any atom is 0.308 e. The average molecular weight is 301 g/mol. The monoisotopic (exact) mass is 301 g/mol. The molecule has 1 saturated heterocycles. The average Bonchev–Trinajstić information content (AvgIpc) is 3.01. The van der Waals surface area contributed by atoms with Crippen molar-refractivity contribution in [1.82, 2.24) is 4.90 Å². The first-order chi connectivity index (χ1) is 10.7. The smallest absolute Gasteiger partial charge is 0.308 e. The van der Waals surface area contributed by atoms with Gasteiger partial charge in [-0.3, -0.25) is 9.69 Å². The molecule has 1 aromatic rings. The summed E-state index contributed by atoms with van der Waals surface area (Å²) < 4.78 is 5.06. The maximum absolute atomic E-state index is 11.8. The van der Waals surface area contributed by atoms with Crippen molar-refractivity contribution in [2.24, 2.45) is 0 Å². The molecule has 1 fully saturated rings. The molecule has 4 nitrogen and oxygen atoms in total. The van der Waals surface area contributed by atoms with Gasteiger partial charge in [0, 0.05) is 11.6 Å². The predicted molar refractivity (Wildman–Crippen MR) is 85.2 cm³/mol. The van der Waals surface area contributed by atoms with Crippen LogP contribution < -0.4 is 0 Å². The van der Waals surface area contributed by atoms with Gasteiger partial charge in [-0.2, -0.15) is 0 Å². The third kappa shape index (κ3) is 4.59. The SMILES string of the molecule is CCOC(=O)C[C@@H](C#Cc1ccccc1)N1CCC[C@H]1CO.